The van der Waals surface area contributed by atoms with Crippen LogP contribution in [0.4, 0.5) is 0 Å². The summed E-state index contributed by atoms with van der Waals surface area (Å²) < 4.78 is 2.13. The van der Waals surface area contributed by atoms with Crippen LogP contribution in [-0.2, 0) is 39.8 Å². The van der Waals surface area contributed by atoms with Gasteiger partial charge in [0.15, 0.2) is 6.20 Å². The molecule has 1 radical (unpaired) electrons. The van der Waals surface area contributed by atoms with Crippen molar-refractivity contribution in [1.29, 1.82) is 0 Å². The molecule has 0 saturated carbocycles. The fourth-order valence-corrected chi connectivity index (χ4v) is 3.05. The maximum Gasteiger partial charge on any atom is 0.161 e. The number of aromatic nitrogens is 1. The summed E-state index contributed by atoms with van der Waals surface area (Å²) in [7, 11) is 2.07. The molecule has 119 valence electrons. The van der Waals surface area contributed by atoms with Gasteiger partial charge < -0.3 is 0 Å². The van der Waals surface area contributed by atoms with Gasteiger partial charge in [-0.1, -0.05) is 42.8 Å². The van der Waals surface area contributed by atoms with Crippen molar-refractivity contribution in [3.8, 4) is 22.4 Å². The monoisotopic (exact) mass is 397 g/mol. The van der Waals surface area contributed by atoms with Crippen LogP contribution in [0.15, 0.2) is 72.9 Å². The Morgan fingerprint density at radius 3 is 2.40 bits per heavy atom. The molecule has 4 aromatic rings. The van der Waals surface area contributed by atoms with E-state index in [0.29, 0.717) is 0 Å². The molecule has 1 nitrogen and oxygen atoms in total. The smallest absolute Gasteiger partial charge is 0.161 e. The molecule has 0 unspecified atom stereocenters. The second-order valence-electron chi connectivity index (χ2n) is 6.10. The van der Waals surface area contributed by atoms with Crippen LogP contribution >= 0.6 is 0 Å². The zero-order chi connectivity index (χ0) is 16.5. The van der Waals surface area contributed by atoms with Gasteiger partial charge >= 0.3 is 0 Å². The average Bonchev–Trinajstić information content (AvgIpc) is 2.62. The Balaban J connectivity index is 0.00000182. The Bertz CT molecular complexity index is 1040. The molecule has 0 spiro atoms. The minimum absolute atomic E-state index is 0. The summed E-state index contributed by atoms with van der Waals surface area (Å²) >= 11 is 0. The molecule has 0 aliphatic carbocycles. The van der Waals surface area contributed by atoms with Crippen LogP contribution in [0.3, 0.4) is 0 Å². The van der Waals surface area contributed by atoms with Gasteiger partial charge in [0, 0.05) is 38.8 Å². The van der Waals surface area contributed by atoms with E-state index in [2.05, 4.69) is 97.5 Å². The summed E-state index contributed by atoms with van der Waals surface area (Å²) in [6.07, 6.45) is 2.07. The van der Waals surface area contributed by atoms with Gasteiger partial charge in [-0.2, -0.15) is 29.8 Å². The van der Waals surface area contributed by atoms with Gasteiger partial charge in [0.2, 0.25) is 0 Å². The Hall–Kier alpha value is -1.83. The molecule has 0 aliphatic rings. The van der Waals surface area contributed by atoms with E-state index in [1.165, 1.54) is 16.3 Å². The second-order valence-corrected chi connectivity index (χ2v) is 6.10. The van der Waals surface area contributed by atoms with Crippen LogP contribution < -0.4 is 4.57 Å². The molecular weight excluding hydrogens is 379 g/mol. The minimum Gasteiger partial charge on any atom is -0.234 e. The third-order valence-corrected chi connectivity index (χ3v) is 4.43. The third kappa shape index (κ3) is 3.58. The number of rotatable bonds is 2. The summed E-state index contributed by atoms with van der Waals surface area (Å²) in [5.74, 6) is 0. The molecular formula is C23H18NY-. The van der Waals surface area contributed by atoms with Crippen LogP contribution in [0.1, 0.15) is 5.56 Å². The standard InChI is InChI=1S/C23H18N.Y/c1-17-10-11-21(16-22(17)23-9-5-6-14-24(23)2)20-13-12-18-7-3-4-8-19(18)15-20;/h3-12,14-15H,1-2H3;/q-1;. The zero-order valence-electron chi connectivity index (χ0n) is 14.5. The van der Waals surface area contributed by atoms with Crippen molar-refractivity contribution in [3.05, 3.63) is 90.6 Å². The van der Waals surface area contributed by atoms with Crippen LogP contribution in [0.5, 0.6) is 0 Å². The first-order valence-electron chi connectivity index (χ1n) is 8.11. The number of hydrogen-bond acceptors (Lipinski definition) is 0. The van der Waals surface area contributed by atoms with Gasteiger partial charge in [-0.25, -0.2) is 10.1 Å². The first-order chi connectivity index (χ1) is 11.7. The quantitative estimate of drug-likeness (QED) is 0.335. The molecule has 1 heterocycles. The number of hydrogen-bond donors (Lipinski definition) is 0. The molecule has 3 aromatic carbocycles. The summed E-state index contributed by atoms with van der Waals surface area (Å²) in [4.78, 5) is 0. The SMILES string of the molecule is Cc1ccc(-c2[c-]cc3ccccc3c2)[c-]c1-c1cccc[n+]1C.[Y]. The number of aryl methyl sites for hydroxylation is 2. The Morgan fingerprint density at radius 2 is 1.60 bits per heavy atom. The molecule has 2 heteroatoms. The first kappa shape index (κ1) is 18.0. The predicted octanol–water partition coefficient (Wildman–Crippen LogP) is 4.90. The van der Waals surface area contributed by atoms with Gasteiger partial charge in [0.1, 0.15) is 12.7 Å². The molecule has 0 saturated heterocycles. The number of pyridine rings is 1. The third-order valence-electron chi connectivity index (χ3n) is 4.43. The summed E-state index contributed by atoms with van der Waals surface area (Å²) in [6, 6.07) is 30.2. The fourth-order valence-electron chi connectivity index (χ4n) is 3.05. The molecule has 4 rings (SSSR count). The number of nitrogens with zero attached hydrogens (tertiary/aromatic N) is 1. The van der Waals surface area contributed by atoms with Gasteiger partial charge in [-0.05, 0) is 6.07 Å². The van der Waals surface area contributed by atoms with Gasteiger partial charge in [0.25, 0.3) is 0 Å². The van der Waals surface area contributed by atoms with Crippen molar-refractivity contribution in [2.75, 3.05) is 0 Å². The van der Waals surface area contributed by atoms with E-state index < -0.39 is 0 Å². The van der Waals surface area contributed by atoms with E-state index >= 15 is 0 Å². The van der Waals surface area contributed by atoms with Crippen LogP contribution in [0.2, 0.25) is 0 Å². The first-order valence-corrected chi connectivity index (χ1v) is 8.11. The van der Waals surface area contributed by atoms with E-state index in [1.807, 2.05) is 6.07 Å². The molecule has 0 bridgehead atoms. The molecule has 0 amide bonds. The van der Waals surface area contributed by atoms with Crippen molar-refractivity contribution in [2.24, 2.45) is 7.05 Å². The normalized spacial score (nSPS) is 10.5. The number of fused-ring (bicyclic) bond motifs is 1. The van der Waals surface area contributed by atoms with Gasteiger partial charge in [-0.15, -0.1) is 28.5 Å². The maximum atomic E-state index is 3.60. The zero-order valence-corrected chi connectivity index (χ0v) is 17.3. The number of benzene rings is 3. The van der Waals surface area contributed by atoms with E-state index in [1.54, 1.807) is 0 Å². The van der Waals surface area contributed by atoms with Gasteiger partial charge in [-0.3, -0.25) is 0 Å². The van der Waals surface area contributed by atoms with E-state index in [9.17, 15) is 0 Å². The minimum atomic E-state index is 0. The van der Waals surface area contributed by atoms with E-state index in [-0.39, 0.29) is 32.7 Å². The van der Waals surface area contributed by atoms with E-state index in [0.717, 1.165) is 22.4 Å². The molecule has 0 aliphatic heterocycles. The molecule has 0 atom stereocenters. The molecule has 0 N–H and O–H groups in total. The van der Waals surface area contributed by atoms with Crippen molar-refractivity contribution in [2.45, 2.75) is 6.92 Å². The Kier molecular flexibility index (Phi) is 5.46. The van der Waals surface area contributed by atoms with Crippen LogP contribution in [0.25, 0.3) is 33.2 Å². The van der Waals surface area contributed by atoms with Crippen molar-refractivity contribution in [3.63, 3.8) is 0 Å². The molecule has 25 heavy (non-hydrogen) atoms. The Morgan fingerprint density at radius 1 is 0.840 bits per heavy atom. The van der Waals surface area contributed by atoms with Crippen LogP contribution in [0, 0.1) is 19.1 Å². The second kappa shape index (κ2) is 7.60. The van der Waals surface area contributed by atoms with Crippen molar-refractivity contribution in [1.82, 2.24) is 0 Å². The fraction of sp³-hybridized carbons (Fsp3) is 0.0870. The van der Waals surface area contributed by atoms with Gasteiger partial charge in [0.05, 0.1) is 0 Å². The average molecular weight is 397 g/mol. The van der Waals surface area contributed by atoms with Crippen molar-refractivity contribution < 1.29 is 37.3 Å². The maximum absolute atomic E-state index is 3.60. The molecule has 0 fully saturated rings. The summed E-state index contributed by atoms with van der Waals surface area (Å²) in [6.45, 7) is 2.13. The Labute approximate surface area is 174 Å². The topological polar surface area (TPSA) is 3.88 Å². The predicted molar refractivity (Wildman–Crippen MR) is 98.4 cm³/mol. The van der Waals surface area contributed by atoms with Crippen LogP contribution in [-0.4, -0.2) is 0 Å². The van der Waals surface area contributed by atoms with Crippen molar-refractivity contribution >= 4 is 10.8 Å². The molecule has 1 aromatic heterocycles. The van der Waals surface area contributed by atoms with E-state index in [4.69, 9.17) is 0 Å². The largest absolute Gasteiger partial charge is 0.234 e. The summed E-state index contributed by atoms with van der Waals surface area (Å²) in [5, 5.41) is 2.44. The summed E-state index contributed by atoms with van der Waals surface area (Å²) in [5.41, 5.74) is 5.68.